The van der Waals surface area contributed by atoms with Crippen molar-refractivity contribution in [1.82, 2.24) is 24.5 Å². The van der Waals surface area contributed by atoms with Gasteiger partial charge in [0.2, 0.25) is 11.8 Å². The number of hydrogen-bond donors (Lipinski definition) is 1. The maximum Gasteiger partial charge on any atom is 0.211 e. The minimum Gasteiger partial charge on any atom is -0.329 e. The van der Waals surface area contributed by atoms with Crippen molar-refractivity contribution >= 4 is 12.1 Å². The van der Waals surface area contributed by atoms with Crippen molar-refractivity contribution in [2.24, 2.45) is 0 Å². The molecule has 2 aromatic carbocycles. The molecule has 0 aliphatic carbocycles. The van der Waals surface area contributed by atoms with Gasteiger partial charge in [-0.2, -0.15) is 10.2 Å². The number of nitrogens with zero attached hydrogens (tertiary/aromatic N) is 5. The standard InChI is InChI=1S/C19H21N5O.C7H7NO/c1-22-12-8-15(9-13-22)23-14-10-18(25)19(21-23)17-7-11-20-24(17)16-5-3-2-4-6-16;9-6-8-7-4-2-1-3-5-7/h2-7,10-11,14-15H,8-9,12-13H2,1H3;1-6H,(H,8,9). The average Bonchev–Trinajstić information content (AvgIpc) is 3.37. The molecular weight excluding hydrogens is 428 g/mol. The smallest absolute Gasteiger partial charge is 0.211 e. The summed E-state index contributed by atoms with van der Waals surface area (Å²) in [7, 11) is 2.14. The van der Waals surface area contributed by atoms with Crippen LogP contribution in [0.2, 0.25) is 0 Å². The van der Waals surface area contributed by atoms with Gasteiger partial charge in [0.25, 0.3) is 0 Å². The second-order valence-corrected chi connectivity index (χ2v) is 8.14. The van der Waals surface area contributed by atoms with Gasteiger partial charge >= 0.3 is 0 Å². The summed E-state index contributed by atoms with van der Waals surface area (Å²) in [6, 6.07) is 22.9. The Kier molecular flexibility index (Phi) is 7.62. The summed E-state index contributed by atoms with van der Waals surface area (Å²) in [6.07, 6.45) is 6.27. The zero-order valence-electron chi connectivity index (χ0n) is 19.1. The SMILES string of the molecule is CN1CCC(n2ccc(=O)c(-c3ccnn3-c3ccccc3)n2)CC1.O=CNc1ccccc1. The molecule has 0 unspecified atom stereocenters. The largest absolute Gasteiger partial charge is 0.329 e. The summed E-state index contributed by atoms with van der Waals surface area (Å²) in [5.41, 5.74) is 2.83. The first-order valence-corrected chi connectivity index (χ1v) is 11.3. The van der Waals surface area contributed by atoms with Crippen molar-refractivity contribution in [2.45, 2.75) is 18.9 Å². The molecule has 0 radical (unpaired) electrons. The van der Waals surface area contributed by atoms with Crippen molar-refractivity contribution < 1.29 is 4.79 Å². The molecule has 1 amide bonds. The number of benzene rings is 2. The van der Waals surface area contributed by atoms with Gasteiger partial charge in [-0.25, -0.2) is 4.68 Å². The number of aromatic nitrogens is 4. The molecule has 174 valence electrons. The van der Waals surface area contributed by atoms with Gasteiger partial charge in [-0.05, 0) is 63.3 Å². The van der Waals surface area contributed by atoms with E-state index in [0.29, 0.717) is 18.1 Å². The number of piperidine rings is 1. The highest BCUT2D eigenvalue weighted by Gasteiger charge is 2.20. The highest BCUT2D eigenvalue weighted by atomic mass is 16.1. The number of carbonyl (C=O) groups excluding carboxylic acids is 1. The molecule has 2 aromatic heterocycles. The van der Waals surface area contributed by atoms with Gasteiger partial charge in [0.1, 0.15) is 0 Å². The second kappa shape index (κ2) is 11.2. The molecule has 5 rings (SSSR count). The van der Waals surface area contributed by atoms with Crippen molar-refractivity contribution in [3.8, 4) is 17.1 Å². The Hall–Kier alpha value is -4.04. The van der Waals surface area contributed by atoms with Crippen LogP contribution in [0.4, 0.5) is 5.69 Å². The minimum atomic E-state index is -0.0816. The Morgan fingerprint density at radius 1 is 0.941 bits per heavy atom. The highest BCUT2D eigenvalue weighted by Crippen LogP contribution is 2.22. The van der Waals surface area contributed by atoms with Crippen LogP contribution >= 0.6 is 0 Å². The summed E-state index contributed by atoms with van der Waals surface area (Å²) in [4.78, 5) is 24.6. The minimum absolute atomic E-state index is 0.0816. The van der Waals surface area contributed by atoms with Crippen LogP contribution in [0.15, 0.2) is 90.0 Å². The molecule has 1 aliphatic rings. The number of anilines is 1. The molecule has 8 heteroatoms. The fraction of sp³-hybridized carbons (Fsp3) is 0.231. The lowest BCUT2D eigenvalue weighted by molar-refractivity contribution is -0.105. The van der Waals surface area contributed by atoms with E-state index in [1.807, 2.05) is 77.6 Å². The normalized spacial score (nSPS) is 14.1. The van der Waals surface area contributed by atoms with E-state index >= 15 is 0 Å². The Bertz CT molecular complexity index is 1250. The third kappa shape index (κ3) is 5.65. The summed E-state index contributed by atoms with van der Waals surface area (Å²) in [5, 5.41) is 11.6. The Morgan fingerprint density at radius 3 is 2.29 bits per heavy atom. The van der Waals surface area contributed by atoms with Crippen LogP contribution < -0.4 is 10.7 Å². The first-order valence-electron chi connectivity index (χ1n) is 11.3. The van der Waals surface area contributed by atoms with Crippen molar-refractivity contribution in [2.75, 3.05) is 25.5 Å². The van der Waals surface area contributed by atoms with E-state index in [0.717, 1.165) is 43.0 Å². The number of nitrogens with one attached hydrogen (secondary N) is 1. The summed E-state index contributed by atoms with van der Waals surface area (Å²) < 4.78 is 3.72. The van der Waals surface area contributed by atoms with Crippen LogP contribution in [-0.4, -0.2) is 51.0 Å². The van der Waals surface area contributed by atoms with E-state index in [9.17, 15) is 9.59 Å². The molecule has 0 atom stereocenters. The molecule has 1 fully saturated rings. The van der Waals surface area contributed by atoms with E-state index in [1.165, 1.54) is 0 Å². The molecular formula is C26H28N6O2. The zero-order chi connectivity index (χ0) is 23.8. The van der Waals surface area contributed by atoms with Crippen LogP contribution in [-0.2, 0) is 4.79 Å². The fourth-order valence-corrected chi connectivity index (χ4v) is 3.92. The van der Waals surface area contributed by atoms with Crippen molar-refractivity contribution in [3.63, 3.8) is 0 Å². The van der Waals surface area contributed by atoms with Gasteiger partial charge in [0.05, 0.1) is 23.6 Å². The molecule has 0 spiro atoms. The molecule has 3 heterocycles. The van der Waals surface area contributed by atoms with E-state index in [4.69, 9.17) is 0 Å². The van der Waals surface area contributed by atoms with Crippen molar-refractivity contribution in [1.29, 1.82) is 0 Å². The van der Waals surface area contributed by atoms with Gasteiger partial charge in [-0.1, -0.05) is 36.4 Å². The number of hydrogen-bond acceptors (Lipinski definition) is 5. The van der Waals surface area contributed by atoms with Gasteiger partial charge in [0, 0.05) is 18.0 Å². The average molecular weight is 457 g/mol. The number of carbonyl (C=O) groups is 1. The lowest BCUT2D eigenvalue weighted by Gasteiger charge is -2.29. The zero-order valence-corrected chi connectivity index (χ0v) is 19.1. The van der Waals surface area contributed by atoms with Crippen LogP contribution in [0.25, 0.3) is 17.1 Å². The Morgan fingerprint density at radius 2 is 1.62 bits per heavy atom. The molecule has 34 heavy (non-hydrogen) atoms. The highest BCUT2D eigenvalue weighted by molar-refractivity contribution is 5.70. The van der Waals surface area contributed by atoms with E-state index < -0.39 is 0 Å². The van der Waals surface area contributed by atoms with Crippen LogP contribution in [0.5, 0.6) is 0 Å². The summed E-state index contributed by atoms with van der Waals surface area (Å²) in [5.74, 6) is 0. The van der Waals surface area contributed by atoms with Crippen LogP contribution in [0.3, 0.4) is 0 Å². The topological polar surface area (TPSA) is 85.1 Å². The summed E-state index contributed by atoms with van der Waals surface area (Å²) >= 11 is 0. The second-order valence-electron chi connectivity index (χ2n) is 8.14. The lowest BCUT2D eigenvalue weighted by atomic mass is 10.1. The quantitative estimate of drug-likeness (QED) is 0.464. The van der Waals surface area contributed by atoms with Gasteiger partial charge in [-0.15, -0.1) is 0 Å². The van der Waals surface area contributed by atoms with E-state index in [2.05, 4.69) is 27.5 Å². The summed E-state index contributed by atoms with van der Waals surface area (Å²) in [6.45, 7) is 2.10. The first kappa shape index (κ1) is 23.1. The van der Waals surface area contributed by atoms with Gasteiger partial charge in [-0.3, -0.25) is 14.3 Å². The Labute approximate surface area is 198 Å². The van der Waals surface area contributed by atoms with Crippen LogP contribution in [0, 0.1) is 0 Å². The van der Waals surface area contributed by atoms with E-state index in [1.54, 1.807) is 16.9 Å². The molecule has 1 saturated heterocycles. The van der Waals surface area contributed by atoms with Gasteiger partial charge < -0.3 is 10.2 Å². The molecule has 1 N–H and O–H groups in total. The lowest BCUT2D eigenvalue weighted by Crippen LogP contribution is -2.32. The molecule has 8 nitrogen and oxygen atoms in total. The maximum absolute atomic E-state index is 12.5. The van der Waals surface area contributed by atoms with Crippen LogP contribution in [0.1, 0.15) is 18.9 Å². The third-order valence-corrected chi connectivity index (χ3v) is 5.78. The first-order chi connectivity index (χ1) is 16.7. The third-order valence-electron chi connectivity index (χ3n) is 5.78. The van der Waals surface area contributed by atoms with Crippen molar-refractivity contribution in [3.05, 3.63) is 95.4 Å². The monoisotopic (exact) mass is 456 g/mol. The predicted octanol–water partition coefficient (Wildman–Crippen LogP) is 3.62. The molecule has 0 bridgehead atoms. The maximum atomic E-state index is 12.5. The molecule has 1 aliphatic heterocycles. The van der Waals surface area contributed by atoms with E-state index in [-0.39, 0.29) is 5.43 Å². The number of rotatable bonds is 5. The fourth-order valence-electron chi connectivity index (χ4n) is 3.92. The molecule has 4 aromatic rings. The number of amides is 1. The molecule has 0 saturated carbocycles. The Balaban J connectivity index is 0.000000257. The number of para-hydroxylation sites is 2. The number of likely N-dealkylation sites (tertiary alicyclic amines) is 1. The van der Waals surface area contributed by atoms with Gasteiger partial charge in [0.15, 0.2) is 5.69 Å². The predicted molar refractivity (Wildman–Crippen MR) is 133 cm³/mol.